The first-order valence-corrected chi connectivity index (χ1v) is 11.4. The standard InChI is InChI=1S/C24H30ClN5/c25-24-8-4-3-7-23(24)20-5-1-2-6-21(13-20)28-15-22-14-27-18-30(22)16-19-9-11-29(17-26)12-10-19/h3-4,7-8,13-14,18-19,21,28H,1-2,5-6,9-12,15-16H2. The molecule has 2 aliphatic rings. The second-order valence-corrected chi connectivity index (χ2v) is 8.88. The zero-order valence-corrected chi connectivity index (χ0v) is 18.2. The maximum Gasteiger partial charge on any atom is 0.179 e. The molecule has 1 atom stereocenters. The maximum atomic E-state index is 9.04. The molecule has 0 radical (unpaired) electrons. The lowest BCUT2D eigenvalue weighted by Gasteiger charge is -2.28. The zero-order chi connectivity index (χ0) is 20.8. The van der Waals surface area contributed by atoms with E-state index in [1.54, 1.807) is 0 Å². The number of halogens is 1. The predicted octanol–water partition coefficient (Wildman–Crippen LogP) is 4.85. The van der Waals surface area contributed by atoms with Crippen molar-refractivity contribution in [2.45, 2.75) is 57.7 Å². The summed E-state index contributed by atoms with van der Waals surface area (Å²) >= 11 is 6.45. The molecule has 2 aromatic rings. The molecule has 1 aliphatic carbocycles. The van der Waals surface area contributed by atoms with Crippen molar-refractivity contribution in [1.29, 1.82) is 5.26 Å². The summed E-state index contributed by atoms with van der Waals surface area (Å²) in [6.45, 7) is 3.55. The van der Waals surface area contributed by atoms with Crippen molar-refractivity contribution in [3.8, 4) is 6.19 Å². The highest BCUT2D eigenvalue weighted by molar-refractivity contribution is 6.32. The van der Waals surface area contributed by atoms with Crippen LogP contribution in [0.3, 0.4) is 0 Å². The summed E-state index contributed by atoms with van der Waals surface area (Å²) < 4.78 is 2.29. The van der Waals surface area contributed by atoms with Gasteiger partial charge in [0, 0.05) is 43.4 Å². The van der Waals surface area contributed by atoms with Crippen molar-refractivity contribution in [1.82, 2.24) is 19.8 Å². The highest BCUT2D eigenvalue weighted by Crippen LogP contribution is 2.31. The van der Waals surface area contributed by atoms with Gasteiger partial charge < -0.3 is 14.8 Å². The van der Waals surface area contributed by atoms with E-state index < -0.39 is 0 Å². The number of benzene rings is 1. The number of nitrogens with zero attached hydrogens (tertiary/aromatic N) is 4. The predicted molar refractivity (Wildman–Crippen MR) is 121 cm³/mol. The fourth-order valence-corrected chi connectivity index (χ4v) is 4.84. The van der Waals surface area contributed by atoms with Crippen molar-refractivity contribution >= 4 is 17.2 Å². The molecule has 0 bridgehead atoms. The third-order valence-corrected chi connectivity index (χ3v) is 6.72. The number of hydrogen-bond donors (Lipinski definition) is 1. The molecule has 1 aromatic carbocycles. The molecule has 1 unspecified atom stereocenters. The van der Waals surface area contributed by atoms with E-state index in [1.165, 1.54) is 29.7 Å². The minimum atomic E-state index is 0.348. The Bertz CT molecular complexity index is 904. The summed E-state index contributed by atoms with van der Waals surface area (Å²) in [5.74, 6) is 0.618. The van der Waals surface area contributed by atoms with Crippen LogP contribution in [-0.2, 0) is 13.1 Å². The van der Waals surface area contributed by atoms with Crippen LogP contribution in [0, 0.1) is 17.4 Å². The molecule has 5 nitrogen and oxygen atoms in total. The number of nitrogens with one attached hydrogen (secondary N) is 1. The molecular weight excluding hydrogens is 394 g/mol. The molecule has 1 aromatic heterocycles. The SMILES string of the molecule is N#CN1CCC(Cn2cncc2CNC2C=C(c3ccccc3Cl)CCCC2)CC1. The Kier molecular flexibility index (Phi) is 7.09. The Labute approximate surface area is 184 Å². The lowest BCUT2D eigenvalue weighted by Crippen LogP contribution is -2.32. The molecule has 0 saturated carbocycles. The average molecular weight is 424 g/mol. The first-order chi connectivity index (χ1) is 14.7. The quantitative estimate of drug-likeness (QED) is 0.675. The van der Waals surface area contributed by atoms with Crippen molar-refractivity contribution in [2.24, 2.45) is 5.92 Å². The summed E-state index contributed by atoms with van der Waals surface area (Å²) in [5.41, 5.74) is 3.75. The molecule has 1 fully saturated rings. The van der Waals surface area contributed by atoms with Gasteiger partial charge in [-0.25, -0.2) is 4.98 Å². The van der Waals surface area contributed by atoms with E-state index in [4.69, 9.17) is 16.9 Å². The highest BCUT2D eigenvalue weighted by Gasteiger charge is 2.20. The minimum Gasteiger partial charge on any atom is -0.333 e. The van der Waals surface area contributed by atoms with Gasteiger partial charge in [-0.15, -0.1) is 0 Å². The normalized spacial score (nSPS) is 20.5. The lowest BCUT2D eigenvalue weighted by atomic mass is 9.97. The Balaban J connectivity index is 1.38. The molecule has 6 heteroatoms. The number of imidazole rings is 1. The van der Waals surface area contributed by atoms with Gasteiger partial charge >= 0.3 is 0 Å². The summed E-state index contributed by atoms with van der Waals surface area (Å²) in [6.07, 6.45) is 15.4. The number of nitriles is 1. The molecule has 30 heavy (non-hydrogen) atoms. The fraction of sp³-hybridized carbons (Fsp3) is 0.500. The molecule has 0 spiro atoms. The van der Waals surface area contributed by atoms with E-state index >= 15 is 0 Å². The number of allylic oxidation sites excluding steroid dienone is 1. The molecule has 1 saturated heterocycles. The molecule has 0 amide bonds. The van der Waals surface area contributed by atoms with Gasteiger partial charge in [0.25, 0.3) is 0 Å². The highest BCUT2D eigenvalue weighted by atomic mass is 35.5. The van der Waals surface area contributed by atoms with Gasteiger partial charge in [0.05, 0.1) is 12.0 Å². The van der Waals surface area contributed by atoms with Gasteiger partial charge in [-0.05, 0) is 55.2 Å². The van der Waals surface area contributed by atoms with Crippen LogP contribution in [0.5, 0.6) is 0 Å². The monoisotopic (exact) mass is 423 g/mol. The van der Waals surface area contributed by atoms with Crippen LogP contribution in [0.25, 0.3) is 5.57 Å². The van der Waals surface area contributed by atoms with Gasteiger partial charge in [-0.3, -0.25) is 0 Å². The number of hydrogen-bond acceptors (Lipinski definition) is 4. The van der Waals surface area contributed by atoms with E-state index in [9.17, 15) is 0 Å². The molecule has 1 aliphatic heterocycles. The summed E-state index contributed by atoms with van der Waals surface area (Å²) in [4.78, 5) is 6.27. The van der Waals surface area contributed by atoms with Crippen molar-refractivity contribution in [2.75, 3.05) is 13.1 Å². The Hall–Kier alpha value is -2.29. The average Bonchev–Trinajstić information content (AvgIpc) is 3.07. The van der Waals surface area contributed by atoms with E-state index in [2.05, 4.69) is 39.3 Å². The van der Waals surface area contributed by atoms with Crippen molar-refractivity contribution in [3.05, 3.63) is 59.1 Å². The number of aromatic nitrogens is 2. The summed E-state index contributed by atoms with van der Waals surface area (Å²) in [5, 5.41) is 13.6. The molecule has 158 valence electrons. The van der Waals surface area contributed by atoms with Gasteiger partial charge in [0.15, 0.2) is 6.19 Å². The second-order valence-electron chi connectivity index (χ2n) is 8.47. The zero-order valence-electron chi connectivity index (χ0n) is 17.4. The Morgan fingerprint density at radius 1 is 1.17 bits per heavy atom. The lowest BCUT2D eigenvalue weighted by molar-refractivity contribution is 0.232. The topological polar surface area (TPSA) is 56.9 Å². The van der Waals surface area contributed by atoms with Crippen molar-refractivity contribution in [3.63, 3.8) is 0 Å². The second kappa shape index (κ2) is 10.1. The first kappa shape index (κ1) is 21.0. The van der Waals surface area contributed by atoms with Gasteiger partial charge in [-0.1, -0.05) is 42.3 Å². The Morgan fingerprint density at radius 3 is 2.80 bits per heavy atom. The van der Waals surface area contributed by atoms with E-state index in [-0.39, 0.29) is 0 Å². The fourth-order valence-electron chi connectivity index (χ4n) is 4.59. The first-order valence-electron chi connectivity index (χ1n) is 11.1. The Morgan fingerprint density at radius 2 is 2.00 bits per heavy atom. The molecule has 2 heterocycles. The summed E-state index contributed by atoms with van der Waals surface area (Å²) in [6, 6.07) is 8.51. The van der Waals surface area contributed by atoms with Crippen molar-refractivity contribution < 1.29 is 0 Å². The largest absolute Gasteiger partial charge is 0.333 e. The third kappa shape index (κ3) is 5.24. The van der Waals surface area contributed by atoms with Crippen LogP contribution in [0.1, 0.15) is 49.8 Å². The smallest absolute Gasteiger partial charge is 0.179 e. The maximum absolute atomic E-state index is 9.04. The van der Waals surface area contributed by atoms with Gasteiger partial charge in [0.2, 0.25) is 0 Å². The van der Waals surface area contributed by atoms with Gasteiger partial charge in [-0.2, -0.15) is 5.26 Å². The van der Waals surface area contributed by atoms with Crippen LogP contribution in [0.15, 0.2) is 42.9 Å². The van der Waals surface area contributed by atoms with Crippen LogP contribution >= 0.6 is 11.6 Å². The number of rotatable bonds is 6. The number of likely N-dealkylation sites (tertiary alicyclic amines) is 1. The van der Waals surface area contributed by atoms with E-state index in [0.29, 0.717) is 12.0 Å². The van der Waals surface area contributed by atoms with E-state index in [1.807, 2.05) is 29.6 Å². The van der Waals surface area contributed by atoms with Crippen LogP contribution in [0.2, 0.25) is 5.02 Å². The third-order valence-electron chi connectivity index (χ3n) is 6.39. The molecular formula is C24H30ClN5. The summed E-state index contributed by atoms with van der Waals surface area (Å²) in [7, 11) is 0. The minimum absolute atomic E-state index is 0.348. The van der Waals surface area contributed by atoms with E-state index in [0.717, 1.165) is 56.9 Å². The van der Waals surface area contributed by atoms with Crippen LogP contribution < -0.4 is 5.32 Å². The molecule has 4 rings (SSSR count). The van der Waals surface area contributed by atoms with Crippen LogP contribution in [0.4, 0.5) is 0 Å². The van der Waals surface area contributed by atoms with Gasteiger partial charge in [0.1, 0.15) is 0 Å². The van der Waals surface area contributed by atoms with Crippen LogP contribution in [-0.4, -0.2) is 33.6 Å². The number of piperidine rings is 1. The molecule has 1 N–H and O–H groups in total.